The van der Waals surface area contributed by atoms with Crippen LogP contribution in [0.4, 0.5) is 0 Å². The molecule has 0 fully saturated rings. The predicted molar refractivity (Wildman–Crippen MR) is 70.3 cm³/mol. The van der Waals surface area contributed by atoms with E-state index >= 15 is 0 Å². The van der Waals surface area contributed by atoms with Crippen LogP contribution in [0.15, 0.2) is 18.2 Å². The lowest BCUT2D eigenvalue weighted by Gasteiger charge is -2.22. The summed E-state index contributed by atoms with van der Waals surface area (Å²) >= 11 is 0. The SMILES string of the molecule is COc1ccc(C(OC(C)C(C)O)C(=O)O)cc1C. The van der Waals surface area contributed by atoms with E-state index < -0.39 is 24.3 Å². The predicted octanol–water partition coefficient (Wildman–Crippen LogP) is 1.92. The topological polar surface area (TPSA) is 76.0 Å². The highest BCUT2D eigenvalue weighted by Gasteiger charge is 2.25. The standard InChI is InChI=1S/C14H20O5/c1-8-7-11(5-6-12(8)18-4)13(14(16)17)19-10(3)9(2)15/h5-7,9-10,13,15H,1-4H3,(H,16,17). The first kappa shape index (κ1) is 15.5. The number of rotatable bonds is 6. The van der Waals surface area contributed by atoms with Crippen molar-refractivity contribution in [1.29, 1.82) is 0 Å². The van der Waals surface area contributed by atoms with Gasteiger partial charge in [0.05, 0.1) is 19.3 Å². The van der Waals surface area contributed by atoms with Gasteiger partial charge in [-0.05, 0) is 44.0 Å². The van der Waals surface area contributed by atoms with Crippen molar-refractivity contribution >= 4 is 5.97 Å². The molecule has 0 aliphatic rings. The number of hydrogen-bond donors (Lipinski definition) is 2. The van der Waals surface area contributed by atoms with Crippen molar-refractivity contribution in [1.82, 2.24) is 0 Å². The van der Waals surface area contributed by atoms with E-state index in [1.807, 2.05) is 6.92 Å². The van der Waals surface area contributed by atoms with Crippen molar-refractivity contribution in [3.05, 3.63) is 29.3 Å². The lowest BCUT2D eigenvalue weighted by molar-refractivity contribution is -0.158. The van der Waals surface area contributed by atoms with Crippen LogP contribution in [-0.2, 0) is 9.53 Å². The monoisotopic (exact) mass is 268 g/mol. The highest BCUT2D eigenvalue weighted by Crippen LogP contribution is 2.26. The Balaban J connectivity index is 3.00. The average Bonchev–Trinajstić information content (AvgIpc) is 2.34. The quantitative estimate of drug-likeness (QED) is 0.824. The van der Waals surface area contributed by atoms with Gasteiger partial charge in [0.2, 0.25) is 0 Å². The summed E-state index contributed by atoms with van der Waals surface area (Å²) in [5.74, 6) is -0.395. The molecule has 0 radical (unpaired) electrons. The molecule has 0 saturated heterocycles. The molecular weight excluding hydrogens is 248 g/mol. The Hall–Kier alpha value is -1.59. The van der Waals surface area contributed by atoms with Crippen molar-refractivity contribution in [2.75, 3.05) is 7.11 Å². The average molecular weight is 268 g/mol. The third-order valence-corrected chi connectivity index (χ3v) is 2.98. The minimum absolute atomic E-state index is 0.526. The van der Waals surface area contributed by atoms with Crippen LogP contribution in [0.1, 0.15) is 31.1 Å². The Morgan fingerprint density at radius 1 is 1.32 bits per heavy atom. The van der Waals surface area contributed by atoms with Gasteiger partial charge in [-0.3, -0.25) is 0 Å². The minimum Gasteiger partial charge on any atom is -0.496 e. The van der Waals surface area contributed by atoms with Gasteiger partial charge >= 0.3 is 5.97 Å². The molecule has 0 aliphatic carbocycles. The summed E-state index contributed by atoms with van der Waals surface area (Å²) in [6.07, 6.45) is -2.40. The van der Waals surface area contributed by atoms with Gasteiger partial charge in [-0.2, -0.15) is 0 Å². The van der Waals surface area contributed by atoms with E-state index in [4.69, 9.17) is 9.47 Å². The number of aryl methyl sites for hydroxylation is 1. The second-order valence-electron chi connectivity index (χ2n) is 4.53. The zero-order chi connectivity index (χ0) is 14.6. The van der Waals surface area contributed by atoms with E-state index in [0.29, 0.717) is 11.3 Å². The molecule has 0 amide bonds. The second-order valence-corrected chi connectivity index (χ2v) is 4.53. The molecule has 0 bridgehead atoms. The van der Waals surface area contributed by atoms with Crippen molar-refractivity contribution < 1.29 is 24.5 Å². The molecule has 0 aliphatic heterocycles. The lowest BCUT2D eigenvalue weighted by Crippen LogP contribution is -2.28. The summed E-state index contributed by atoms with van der Waals surface area (Å²) in [5, 5.41) is 18.6. The summed E-state index contributed by atoms with van der Waals surface area (Å²) < 4.78 is 10.5. The Kier molecular flexibility index (Phi) is 5.32. The van der Waals surface area contributed by atoms with E-state index in [0.717, 1.165) is 5.56 Å². The molecule has 2 N–H and O–H groups in total. The zero-order valence-electron chi connectivity index (χ0n) is 11.6. The molecule has 1 rings (SSSR count). The van der Waals surface area contributed by atoms with Gasteiger partial charge in [0.25, 0.3) is 0 Å². The molecule has 19 heavy (non-hydrogen) atoms. The number of aliphatic hydroxyl groups is 1. The van der Waals surface area contributed by atoms with Crippen LogP contribution in [0.25, 0.3) is 0 Å². The van der Waals surface area contributed by atoms with Crippen LogP contribution in [0.3, 0.4) is 0 Å². The number of benzene rings is 1. The third kappa shape index (κ3) is 3.94. The normalized spacial score (nSPS) is 15.6. The molecule has 5 nitrogen and oxygen atoms in total. The van der Waals surface area contributed by atoms with Gasteiger partial charge in [0, 0.05) is 0 Å². The smallest absolute Gasteiger partial charge is 0.337 e. The van der Waals surface area contributed by atoms with E-state index in [-0.39, 0.29) is 0 Å². The first-order valence-corrected chi connectivity index (χ1v) is 6.07. The molecule has 3 atom stereocenters. The van der Waals surface area contributed by atoms with Crippen molar-refractivity contribution in [3.63, 3.8) is 0 Å². The minimum atomic E-state index is -1.10. The Labute approximate surface area is 112 Å². The number of hydrogen-bond acceptors (Lipinski definition) is 4. The first-order valence-electron chi connectivity index (χ1n) is 6.07. The zero-order valence-corrected chi connectivity index (χ0v) is 11.6. The third-order valence-electron chi connectivity index (χ3n) is 2.98. The molecule has 1 aromatic carbocycles. The number of carboxylic acid groups (broad SMARTS) is 1. The lowest BCUT2D eigenvalue weighted by atomic mass is 10.1. The van der Waals surface area contributed by atoms with Gasteiger partial charge in [0.1, 0.15) is 5.75 Å². The van der Waals surface area contributed by atoms with Crippen LogP contribution in [0.2, 0.25) is 0 Å². The van der Waals surface area contributed by atoms with E-state index in [1.54, 1.807) is 39.2 Å². The highest BCUT2D eigenvalue weighted by molar-refractivity contribution is 5.74. The number of ether oxygens (including phenoxy) is 2. The Bertz CT molecular complexity index is 441. The van der Waals surface area contributed by atoms with Gasteiger partial charge < -0.3 is 19.7 Å². The second kappa shape index (κ2) is 6.54. The highest BCUT2D eigenvalue weighted by atomic mass is 16.5. The molecule has 3 unspecified atom stereocenters. The van der Waals surface area contributed by atoms with Crippen molar-refractivity contribution in [2.45, 2.75) is 39.1 Å². The van der Waals surface area contributed by atoms with Gasteiger partial charge in [-0.25, -0.2) is 4.79 Å². The molecule has 0 aromatic heterocycles. The fraction of sp³-hybridized carbons (Fsp3) is 0.500. The van der Waals surface area contributed by atoms with Crippen molar-refractivity contribution in [2.24, 2.45) is 0 Å². The summed E-state index contributed by atoms with van der Waals surface area (Å²) in [6.45, 7) is 5.03. The van der Waals surface area contributed by atoms with Crippen LogP contribution >= 0.6 is 0 Å². The number of carbonyl (C=O) groups is 1. The van der Waals surface area contributed by atoms with Crippen molar-refractivity contribution in [3.8, 4) is 5.75 Å². The van der Waals surface area contributed by atoms with E-state index in [9.17, 15) is 15.0 Å². The van der Waals surface area contributed by atoms with Crippen LogP contribution in [0.5, 0.6) is 5.75 Å². The van der Waals surface area contributed by atoms with Crippen LogP contribution < -0.4 is 4.74 Å². The maximum absolute atomic E-state index is 11.3. The molecular formula is C14H20O5. The number of methoxy groups -OCH3 is 1. The van der Waals surface area contributed by atoms with E-state index in [1.165, 1.54) is 0 Å². The fourth-order valence-corrected chi connectivity index (χ4v) is 1.67. The maximum atomic E-state index is 11.3. The van der Waals surface area contributed by atoms with E-state index in [2.05, 4.69) is 0 Å². The molecule has 1 aromatic rings. The summed E-state index contributed by atoms with van der Waals surface area (Å²) in [7, 11) is 1.56. The molecule has 0 spiro atoms. The Morgan fingerprint density at radius 3 is 2.37 bits per heavy atom. The molecule has 106 valence electrons. The van der Waals surface area contributed by atoms with Gasteiger partial charge in [-0.1, -0.05) is 6.07 Å². The van der Waals surface area contributed by atoms with Crippen LogP contribution in [-0.4, -0.2) is 35.5 Å². The molecule has 0 heterocycles. The number of aliphatic carboxylic acids is 1. The number of aliphatic hydroxyl groups excluding tert-OH is 1. The maximum Gasteiger partial charge on any atom is 0.337 e. The Morgan fingerprint density at radius 2 is 1.95 bits per heavy atom. The van der Waals surface area contributed by atoms with Gasteiger partial charge in [0.15, 0.2) is 6.10 Å². The fourth-order valence-electron chi connectivity index (χ4n) is 1.67. The number of carboxylic acids is 1. The summed E-state index contributed by atoms with van der Waals surface area (Å²) in [6, 6.07) is 5.07. The first-order chi connectivity index (χ1) is 8.86. The summed E-state index contributed by atoms with van der Waals surface area (Å²) in [4.78, 5) is 11.3. The molecule has 0 saturated carbocycles. The summed E-state index contributed by atoms with van der Waals surface area (Å²) in [5.41, 5.74) is 1.36. The molecule has 5 heteroatoms. The van der Waals surface area contributed by atoms with Gasteiger partial charge in [-0.15, -0.1) is 0 Å². The largest absolute Gasteiger partial charge is 0.496 e. The van der Waals surface area contributed by atoms with Crippen LogP contribution in [0, 0.1) is 6.92 Å².